The Morgan fingerprint density at radius 1 is 1.44 bits per heavy atom. The molecule has 1 fully saturated rings. The van der Waals surface area contributed by atoms with Crippen molar-refractivity contribution in [3.8, 4) is 11.5 Å². The third-order valence-corrected chi connectivity index (χ3v) is 3.23. The van der Waals surface area contributed by atoms with Gasteiger partial charge in [-0.15, -0.1) is 11.6 Å². The van der Waals surface area contributed by atoms with Crippen LogP contribution in [0.25, 0.3) is 0 Å². The van der Waals surface area contributed by atoms with Crippen LogP contribution in [0.5, 0.6) is 11.5 Å². The number of carbonyl (C=O) groups excluding carboxylic acids is 1. The van der Waals surface area contributed by atoms with E-state index in [1.165, 1.54) is 12.1 Å². The van der Waals surface area contributed by atoms with E-state index in [-0.39, 0.29) is 28.5 Å². The van der Waals surface area contributed by atoms with Gasteiger partial charge in [-0.3, -0.25) is 4.79 Å². The van der Waals surface area contributed by atoms with Crippen molar-refractivity contribution in [1.29, 1.82) is 0 Å². The number of rotatable bonds is 3. The second kappa shape index (κ2) is 3.87. The van der Waals surface area contributed by atoms with E-state index < -0.39 is 0 Å². The molecule has 0 saturated heterocycles. The van der Waals surface area contributed by atoms with Crippen LogP contribution in [0.1, 0.15) is 23.2 Å². The lowest BCUT2D eigenvalue weighted by atomic mass is 10.1. The molecule has 2 rings (SSSR count). The summed E-state index contributed by atoms with van der Waals surface area (Å²) < 4.78 is 0. The lowest BCUT2D eigenvalue weighted by molar-refractivity contribution is 0.0933. The number of alkyl halides is 1. The molecule has 0 bridgehead atoms. The Hall–Kier alpha value is -1.42. The lowest BCUT2D eigenvalue weighted by Crippen LogP contribution is -2.38. The Labute approximate surface area is 97.9 Å². The van der Waals surface area contributed by atoms with Crippen molar-refractivity contribution in [3.63, 3.8) is 0 Å². The van der Waals surface area contributed by atoms with Gasteiger partial charge < -0.3 is 15.5 Å². The van der Waals surface area contributed by atoms with Crippen LogP contribution >= 0.6 is 11.6 Å². The summed E-state index contributed by atoms with van der Waals surface area (Å²) >= 11 is 5.74. The molecular weight excluding hydrogens is 230 g/mol. The van der Waals surface area contributed by atoms with E-state index in [2.05, 4.69) is 5.32 Å². The monoisotopic (exact) mass is 241 g/mol. The first-order chi connectivity index (χ1) is 7.56. The van der Waals surface area contributed by atoms with E-state index in [1.54, 1.807) is 0 Å². The molecule has 0 spiro atoms. The highest BCUT2D eigenvalue weighted by Crippen LogP contribution is 2.37. The van der Waals surface area contributed by atoms with Gasteiger partial charge in [-0.25, -0.2) is 0 Å². The molecule has 3 N–H and O–H groups in total. The van der Waals surface area contributed by atoms with E-state index in [1.807, 2.05) is 0 Å². The second-order valence-corrected chi connectivity index (χ2v) is 4.34. The molecule has 16 heavy (non-hydrogen) atoms. The third-order valence-electron chi connectivity index (χ3n) is 2.71. The minimum Gasteiger partial charge on any atom is -0.508 e. The third kappa shape index (κ3) is 2.07. The molecule has 86 valence electrons. The van der Waals surface area contributed by atoms with Crippen LogP contribution in [-0.2, 0) is 0 Å². The average Bonchev–Trinajstić information content (AvgIpc) is 2.98. The number of aromatic hydroxyl groups is 2. The molecule has 0 atom stereocenters. The Balaban J connectivity index is 2.15. The highest BCUT2D eigenvalue weighted by molar-refractivity contribution is 6.19. The normalized spacial score (nSPS) is 16.8. The number of amides is 1. The summed E-state index contributed by atoms with van der Waals surface area (Å²) in [5.74, 6) is -0.302. The fraction of sp³-hybridized carbons (Fsp3) is 0.364. The molecule has 0 unspecified atom stereocenters. The number of phenols is 2. The zero-order chi connectivity index (χ0) is 11.8. The van der Waals surface area contributed by atoms with Gasteiger partial charge in [-0.05, 0) is 25.0 Å². The standard InChI is InChI=1S/C11H12ClNO3/c12-6-11(3-4-11)13-10(16)8-2-1-7(14)5-9(8)15/h1-2,5,14-15H,3-4,6H2,(H,13,16). The molecule has 0 aromatic heterocycles. The van der Waals surface area contributed by atoms with Crippen molar-refractivity contribution in [2.24, 2.45) is 0 Å². The molecule has 5 heteroatoms. The van der Waals surface area contributed by atoms with Crippen LogP contribution in [0.15, 0.2) is 18.2 Å². The van der Waals surface area contributed by atoms with Crippen molar-refractivity contribution >= 4 is 17.5 Å². The Kier molecular flexibility index (Phi) is 2.68. The Bertz CT molecular complexity index is 429. The maximum absolute atomic E-state index is 11.8. The SMILES string of the molecule is O=C(NC1(CCl)CC1)c1ccc(O)cc1O. The molecular formula is C11H12ClNO3. The summed E-state index contributed by atoms with van der Waals surface area (Å²) in [6.07, 6.45) is 1.72. The maximum atomic E-state index is 11.8. The van der Waals surface area contributed by atoms with Gasteiger partial charge in [-0.2, -0.15) is 0 Å². The first kappa shape index (κ1) is 11.1. The van der Waals surface area contributed by atoms with Crippen LogP contribution in [0.4, 0.5) is 0 Å². The average molecular weight is 242 g/mol. The molecule has 1 amide bonds. The summed E-state index contributed by atoms with van der Waals surface area (Å²) in [6.45, 7) is 0. The molecule has 1 saturated carbocycles. The van der Waals surface area contributed by atoms with E-state index >= 15 is 0 Å². The van der Waals surface area contributed by atoms with E-state index in [9.17, 15) is 9.90 Å². The predicted octanol–water partition coefficient (Wildman–Crippen LogP) is 1.60. The Morgan fingerprint density at radius 3 is 2.62 bits per heavy atom. The van der Waals surface area contributed by atoms with E-state index in [0.717, 1.165) is 18.9 Å². The topological polar surface area (TPSA) is 69.6 Å². The molecule has 1 aliphatic rings. The van der Waals surface area contributed by atoms with Crippen molar-refractivity contribution in [2.75, 3.05) is 5.88 Å². The van der Waals surface area contributed by atoms with Crippen molar-refractivity contribution in [2.45, 2.75) is 18.4 Å². The van der Waals surface area contributed by atoms with Crippen molar-refractivity contribution < 1.29 is 15.0 Å². The molecule has 4 nitrogen and oxygen atoms in total. The number of nitrogens with one attached hydrogen (secondary N) is 1. The highest BCUT2D eigenvalue weighted by atomic mass is 35.5. The van der Waals surface area contributed by atoms with Gasteiger partial charge in [0.05, 0.1) is 11.1 Å². The van der Waals surface area contributed by atoms with Gasteiger partial charge in [-0.1, -0.05) is 0 Å². The summed E-state index contributed by atoms with van der Waals surface area (Å²) in [4.78, 5) is 11.8. The van der Waals surface area contributed by atoms with Gasteiger partial charge in [0.1, 0.15) is 11.5 Å². The molecule has 0 heterocycles. The van der Waals surface area contributed by atoms with Crippen LogP contribution in [0.3, 0.4) is 0 Å². The summed E-state index contributed by atoms with van der Waals surface area (Å²) in [5.41, 5.74) is -0.155. The molecule has 1 aromatic carbocycles. The summed E-state index contributed by atoms with van der Waals surface area (Å²) in [5, 5.41) is 21.4. The van der Waals surface area contributed by atoms with Gasteiger partial charge in [0.2, 0.25) is 0 Å². The zero-order valence-electron chi connectivity index (χ0n) is 8.53. The van der Waals surface area contributed by atoms with Crippen molar-refractivity contribution in [1.82, 2.24) is 5.32 Å². The smallest absolute Gasteiger partial charge is 0.255 e. The first-order valence-corrected chi connectivity index (χ1v) is 5.50. The number of benzene rings is 1. The molecule has 1 aromatic rings. The van der Waals surface area contributed by atoms with E-state index in [0.29, 0.717) is 5.88 Å². The van der Waals surface area contributed by atoms with E-state index in [4.69, 9.17) is 16.7 Å². The Morgan fingerprint density at radius 2 is 2.12 bits per heavy atom. The van der Waals surface area contributed by atoms with Gasteiger partial charge in [0, 0.05) is 11.9 Å². The molecule has 0 aliphatic heterocycles. The minimum atomic E-state index is -0.365. The maximum Gasteiger partial charge on any atom is 0.255 e. The number of carbonyl (C=O) groups is 1. The molecule has 0 radical (unpaired) electrons. The zero-order valence-corrected chi connectivity index (χ0v) is 9.29. The van der Waals surface area contributed by atoms with Crippen molar-refractivity contribution in [3.05, 3.63) is 23.8 Å². The number of phenolic OH excluding ortho intramolecular Hbond substituents is 2. The minimum absolute atomic E-state index is 0.0764. The largest absolute Gasteiger partial charge is 0.508 e. The summed E-state index contributed by atoms with van der Waals surface area (Å²) in [7, 11) is 0. The summed E-state index contributed by atoms with van der Waals surface area (Å²) in [6, 6.07) is 3.87. The van der Waals surface area contributed by atoms with Crippen LogP contribution in [0, 0.1) is 0 Å². The second-order valence-electron chi connectivity index (χ2n) is 4.07. The highest BCUT2D eigenvalue weighted by Gasteiger charge is 2.43. The lowest BCUT2D eigenvalue weighted by Gasteiger charge is -2.14. The first-order valence-electron chi connectivity index (χ1n) is 4.97. The van der Waals surface area contributed by atoms with Gasteiger partial charge in [0.25, 0.3) is 5.91 Å². The van der Waals surface area contributed by atoms with Crippen LogP contribution < -0.4 is 5.32 Å². The number of hydrogen-bond donors (Lipinski definition) is 3. The van der Waals surface area contributed by atoms with Gasteiger partial charge in [0.15, 0.2) is 0 Å². The fourth-order valence-corrected chi connectivity index (χ4v) is 1.80. The fourth-order valence-electron chi connectivity index (χ4n) is 1.46. The van der Waals surface area contributed by atoms with Crippen LogP contribution in [-0.4, -0.2) is 27.5 Å². The quantitative estimate of drug-likeness (QED) is 0.704. The van der Waals surface area contributed by atoms with Crippen LogP contribution in [0.2, 0.25) is 0 Å². The predicted molar refractivity (Wildman–Crippen MR) is 59.9 cm³/mol. The van der Waals surface area contributed by atoms with Gasteiger partial charge >= 0.3 is 0 Å². The molecule has 1 aliphatic carbocycles. The number of halogens is 1. The number of hydrogen-bond acceptors (Lipinski definition) is 3.